The van der Waals surface area contributed by atoms with Gasteiger partial charge in [0.15, 0.2) is 5.82 Å². The first-order valence-electron chi connectivity index (χ1n) is 9.40. The highest BCUT2D eigenvalue weighted by atomic mass is 32.1. The number of carbonyl (C=O) groups is 1. The molecule has 1 N–H and O–H groups in total. The lowest BCUT2D eigenvalue weighted by atomic mass is 10.2. The summed E-state index contributed by atoms with van der Waals surface area (Å²) < 4.78 is 1.92. The summed E-state index contributed by atoms with van der Waals surface area (Å²) in [7, 11) is 0. The maximum atomic E-state index is 12.6. The van der Waals surface area contributed by atoms with Crippen LogP contribution < -0.4 is 10.2 Å². The Morgan fingerprint density at radius 2 is 2.29 bits per heavy atom. The predicted molar refractivity (Wildman–Crippen MR) is 108 cm³/mol. The molecule has 0 aromatic carbocycles. The van der Waals surface area contributed by atoms with Crippen LogP contribution in [0.3, 0.4) is 0 Å². The zero-order chi connectivity index (χ0) is 19.5. The first kappa shape index (κ1) is 18.5. The topological polar surface area (TPSA) is 88.8 Å². The Morgan fingerprint density at radius 3 is 3.07 bits per heavy atom. The summed E-state index contributed by atoms with van der Waals surface area (Å²) in [4.78, 5) is 19.8. The van der Waals surface area contributed by atoms with Gasteiger partial charge in [0.25, 0.3) is 5.91 Å². The Hall–Kier alpha value is -2.81. The molecule has 1 amide bonds. The zero-order valence-corrected chi connectivity index (χ0v) is 16.8. The first-order chi connectivity index (χ1) is 13.6. The van der Waals surface area contributed by atoms with Crippen molar-refractivity contribution >= 4 is 23.1 Å². The van der Waals surface area contributed by atoms with E-state index < -0.39 is 0 Å². The number of thiazole rings is 1. The van der Waals surface area contributed by atoms with Crippen molar-refractivity contribution in [2.24, 2.45) is 5.92 Å². The molecule has 4 heterocycles. The van der Waals surface area contributed by atoms with Crippen LogP contribution in [-0.2, 0) is 6.54 Å². The van der Waals surface area contributed by atoms with Crippen molar-refractivity contribution in [2.75, 3.05) is 18.0 Å². The van der Waals surface area contributed by atoms with Crippen LogP contribution in [0.5, 0.6) is 0 Å². The summed E-state index contributed by atoms with van der Waals surface area (Å²) in [5.41, 5.74) is 0.944. The molecule has 4 rings (SSSR count). The Morgan fingerprint density at radius 1 is 1.39 bits per heavy atom. The van der Waals surface area contributed by atoms with Gasteiger partial charge in [-0.15, -0.1) is 16.4 Å². The van der Waals surface area contributed by atoms with E-state index in [2.05, 4.69) is 44.3 Å². The minimum absolute atomic E-state index is 0.0793. The van der Waals surface area contributed by atoms with E-state index in [9.17, 15) is 4.79 Å². The second kappa shape index (κ2) is 8.05. The third-order valence-corrected chi connectivity index (χ3v) is 5.61. The highest BCUT2D eigenvalue weighted by Crippen LogP contribution is 2.25. The normalized spacial score (nSPS) is 16.7. The van der Waals surface area contributed by atoms with E-state index in [1.807, 2.05) is 23.0 Å². The molecule has 8 nitrogen and oxygen atoms in total. The van der Waals surface area contributed by atoms with Gasteiger partial charge in [0.2, 0.25) is 0 Å². The van der Waals surface area contributed by atoms with E-state index in [0.29, 0.717) is 10.8 Å². The minimum atomic E-state index is -0.0793. The second-order valence-corrected chi connectivity index (χ2v) is 8.39. The van der Waals surface area contributed by atoms with Gasteiger partial charge in [-0.2, -0.15) is 10.2 Å². The van der Waals surface area contributed by atoms with Gasteiger partial charge in [0.1, 0.15) is 9.88 Å². The van der Waals surface area contributed by atoms with Gasteiger partial charge in [-0.1, -0.05) is 13.8 Å². The third kappa shape index (κ3) is 4.19. The molecule has 146 valence electrons. The number of anilines is 1. The highest BCUT2D eigenvalue weighted by Gasteiger charge is 2.26. The molecule has 0 radical (unpaired) electrons. The van der Waals surface area contributed by atoms with Crippen molar-refractivity contribution < 1.29 is 4.79 Å². The van der Waals surface area contributed by atoms with Crippen molar-refractivity contribution in [1.29, 1.82) is 0 Å². The number of carbonyl (C=O) groups excluding carboxylic acids is 1. The van der Waals surface area contributed by atoms with Crippen molar-refractivity contribution in [2.45, 2.75) is 32.9 Å². The summed E-state index contributed by atoms with van der Waals surface area (Å²) in [6, 6.07) is 3.90. The fraction of sp³-hybridized carbons (Fsp3) is 0.421. The van der Waals surface area contributed by atoms with Crippen LogP contribution >= 0.6 is 11.3 Å². The average molecular weight is 398 g/mol. The van der Waals surface area contributed by atoms with Gasteiger partial charge in [0.05, 0.1) is 12.4 Å². The Bertz CT molecular complexity index is 937. The molecule has 0 unspecified atom stereocenters. The molecule has 1 fully saturated rings. The van der Waals surface area contributed by atoms with Crippen LogP contribution in [0, 0.1) is 5.92 Å². The maximum absolute atomic E-state index is 12.6. The third-order valence-electron chi connectivity index (χ3n) is 4.57. The Kier molecular flexibility index (Phi) is 5.34. The van der Waals surface area contributed by atoms with Crippen molar-refractivity contribution in [1.82, 2.24) is 30.3 Å². The number of nitrogens with one attached hydrogen (secondary N) is 1. The fourth-order valence-electron chi connectivity index (χ4n) is 3.27. The zero-order valence-electron chi connectivity index (χ0n) is 15.9. The van der Waals surface area contributed by atoms with E-state index in [1.54, 1.807) is 18.6 Å². The minimum Gasteiger partial charge on any atom is -0.353 e. The monoisotopic (exact) mass is 397 g/mol. The molecule has 1 aliphatic heterocycles. The number of amides is 1. The van der Waals surface area contributed by atoms with E-state index in [0.717, 1.165) is 42.4 Å². The lowest BCUT2D eigenvalue weighted by Gasteiger charge is -2.16. The molecule has 1 aliphatic rings. The number of nitrogens with zero attached hydrogens (tertiary/aromatic N) is 6. The molecule has 3 aromatic rings. The summed E-state index contributed by atoms with van der Waals surface area (Å²) in [6.07, 6.45) is 7.97. The van der Waals surface area contributed by atoms with Crippen LogP contribution in [-0.4, -0.2) is 50.0 Å². The summed E-state index contributed by atoms with van der Waals surface area (Å²) >= 11 is 1.39. The highest BCUT2D eigenvalue weighted by molar-refractivity contribution is 7.16. The van der Waals surface area contributed by atoms with E-state index in [4.69, 9.17) is 0 Å². The Balaban J connectivity index is 1.36. The molecule has 1 saturated heterocycles. The molecule has 3 aromatic heterocycles. The van der Waals surface area contributed by atoms with Gasteiger partial charge in [0, 0.05) is 43.6 Å². The van der Waals surface area contributed by atoms with E-state index >= 15 is 0 Å². The average Bonchev–Trinajstić information content (AvgIpc) is 3.42. The number of hydrogen-bond donors (Lipinski definition) is 1. The molecule has 0 aliphatic carbocycles. The van der Waals surface area contributed by atoms with E-state index in [1.165, 1.54) is 11.3 Å². The van der Waals surface area contributed by atoms with Crippen molar-refractivity contribution in [3.63, 3.8) is 0 Å². The maximum Gasteiger partial charge on any atom is 0.263 e. The Labute approximate surface area is 167 Å². The summed E-state index contributed by atoms with van der Waals surface area (Å²) in [6.45, 7) is 6.76. The summed E-state index contributed by atoms with van der Waals surface area (Å²) in [5, 5.41) is 16.4. The van der Waals surface area contributed by atoms with Crippen molar-refractivity contribution in [3.05, 3.63) is 41.8 Å². The predicted octanol–water partition coefficient (Wildman–Crippen LogP) is 2.46. The lowest BCUT2D eigenvalue weighted by molar-refractivity contribution is 0.0944. The van der Waals surface area contributed by atoms with E-state index in [-0.39, 0.29) is 11.9 Å². The molecular formula is C19H23N7OS. The standard InChI is InChI=1S/C19H23N7OS/c1-13(2)10-26-11-14(8-22-26)19-20-9-16(28-19)18(27)23-15-5-7-25(12-15)17-4-3-6-21-24-17/h3-4,6,8-9,11,13,15H,5,7,10,12H2,1-2H3,(H,23,27)/t15-/m0/s1. The molecule has 1 atom stereocenters. The molecule has 0 spiro atoms. The molecule has 0 saturated carbocycles. The largest absolute Gasteiger partial charge is 0.353 e. The van der Waals surface area contributed by atoms with Crippen LogP contribution in [0.25, 0.3) is 10.6 Å². The fourth-order valence-corrected chi connectivity index (χ4v) is 4.06. The molecular weight excluding hydrogens is 374 g/mol. The van der Waals surface area contributed by atoms with Gasteiger partial charge in [-0.3, -0.25) is 9.48 Å². The van der Waals surface area contributed by atoms with Crippen LogP contribution in [0.4, 0.5) is 5.82 Å². The quantitative estimate of drug-likeness (QED) is 0.687. The van der Waals surface area contributed by atoms with Crippen LogP contribution in [0.1, 0.15) is 29.9 Å². The van der Waals surface area contributed by atoms with Gasteiger partial charge in [-0.05, 0) is 24.5 Å². The molecule has 28 heavy (non-hydrogen) atoms. The van der Waals surface area contributed by atoms with Crippen molar-refractivity contribution in [3.8, 4) is 10.6 Å². The van der Waals surface area contributed by atoms with Crippen LogP contribution in [0.15, 0.2) is 36.9 Å². The smallest absolute Gasteiger partial charge is 0.263 e. The second-order valence-electron chi connectivity index (χ2n) is 7.36. The number of hydrogen-bond acceptors (Lipinski definition) is 7. The van der Waals surface area contributed by atoms with Gasteiger partial charge < -0.3 is 10.2 Å². The lowest BCUT2D eigenvalue weighted by Crippen LogP contribution is -2.36. The first-order valence-corrected chi connectivity index (χ1v) is 10.2. The SMILES string of the molecule is CC(C)Cn1cc(-c2ncc(C(=O)N[C@H]3CCN(c4cccnn4)C3)s2)cn1. The van der Waals surface area contributed by atoms with Gasteiger partial charge >= 0.3 is 0 Å². The summed E-state index contributed by atoms with van der Waals surface area (Å²) in [5.74, 6) is 1.29. The number of aromatic nitrogens is 5. The van der Waals surface area contributed by atoms with Crippen LogP contribution in [0.2, 0.25) is 0 Å². The molecule has 9 heteroatoms. The molecule has 0 bridgehead atoms. The number of rotatable bonds is 6. The van der Waals surface area contributed by atoms with Gasteiger partial charge in [-0.25, -0.2) is 4.98 Å².